The Morgan fingerprint density at radius 1 is 1.07 bits per heavy atom. The van der Waals surface area contributed by atoms with Crippen LogP contribution in [0.15, 0.2) is 59.5 Å². The molecule has 0 spiro atoms. The first kappa shape index (κ1) is 20.9. The van der Waals surface area contributed by atoms with Gasteiger partial charge in [0.2, 0.25) is 5.91 Å². The number of carbonyl (C=O) groups excluding carboxylic acids is 2. The van der Waals surface area contributed by atoms with Gasteiger partial charge in [0.15, 0.2) is 15.1 Å². The van der Waals surface area contributed by atoms with Gasteiger partial charge in [0.05, 0.1) is 22.4 Å². The van der Waals surface area contributed by atoms with Crippen LogP contribution in [0.1, 0.15) is 24.2 Å². The number of hydrogen-bond donors (Lipinski definition) is 1. The first-order chi connectivity index (χ1) is 12.8. The average molecular weight is 410 g/mol. The van der Waals surface area contributed by atoms with Crippen molar-refractivity contribution in [3.63, 3.8) is 0 Å². The molecule has 0 saturated carbocycles. The number of sulfone groups is 1. The number of esters is 1. The molecule has 6 nitrogen and oxygen atoms in total. The number of hydrogen-bond acceptors (Lipinski definition) is 5. The number of nitrogens with one attached hydrogen (secondary N) is 1. The lowest BCUT2D eigenvalue weighted by Crippen LogP contribution is -2.40. The maximum atomic E-state index is 12.8. The monoisotopic (exact) mass is 409 g/mol. The van der Waals surface area contributed by atoms with E-state index in [2.05, 4.69) is 5.32 Å². The molecule has 144 valence electrons. The van der Waals surface area contributed by atoms with E-state index in [1.807, 2.05) is 0 Å². The Labute approximate surface area is 163 Å². The van der Waals surface area contributed by atoms with Crippen LogP contribution >= 0.6 is 11.6 Å². The second-order valence-electron chi connectivity index (χ2n) is 5.74. The van der Waals surface area contributed by atoms with Crippen LogP contribution in [0.2, 0.25) is 0 Å². The minimum atomic E-state index is -3.97. The van der Waals surface area contributed by atoms with Crippen LogP contribution < -0.4 is 5.32 Å². The van der Waals surface area contributed by atoms with Gasteiger partial charge in [-0.1, -0.05) is 18.2 Å². The molecule has 0 bridgehead atoms. The molecule has 27 heavy (non-hydrogen) atoms. The third kappa shape index (κ3) is 5.08. The minimum Gasteiger partial charge on any atom is -0.462 e. The number of rotatable bonds is 7. The molecular weight excluding hydrogens is 390 g/mol. The quantitative estimate of drug-likeness (QED) is 0.560. The maximum Gasteiger partial charge on any atom is 0.338 e. The highest BCUT2D eigenvalue weighted by Crippen LogP contribution is 2.23. The lowest BCUT2D eigenvalue weighted by Gasteiger charge is -2.19. The molecule has 2 rings (SSSR count). The molecule has 0 unspecified atom stereocenters. The SMILES string of the molecule is CCOC(=O)c1ccc(NC(=O)[C@H]([C@@H](C)Cl)S(=O)(=O)c2ccccc2)cc1. The second kappa shape index (κ2) is 9.01. The Morgan fingerprint density at radius 2 is 1.67 bits per heavy atom. The number of alkyl halides is 1. The number of ether oxygens (including phenoxy) is 1. The van der Waals surface area contributed by atoms with Gasteiger partial charge in [0.25, 0.3) is 0 Å². The minimum absolute atomic E-state index is 0.0234. The molecule has 0 heterocycles. The molecule has 1 amide bonds. The number of benzene rings is 2. The summed E-state index contributed by atoms with van der Waals surface area (Å²) in [6.45, 7) is 3.41. The fourth-order valence-electron chi connectivity index (χ4n) is 2.47. The molecule has 0 saturated heterocycles. The van der Waals surface area contributed by atoms with E-state index in [0.29, 0.717) is 11.3 Å². The molecule has 2 atom stereocenters. The fourth-order valence-corrected chi connectivity index (χ4v) is 4.66. The number of halogens is 1. The zero-order valence-electron chi connectivity index (χ0n) is 14.9. The predicted octanol–water partition coefficient (Wildman–Crippen LogP) is 3.27. The molecule has 1 N–H and O–H groups in total. The zero-order chi connectivity index (χ0) is 20.0. The molecular formula is C19H20ClNO5S. The molecule has 2 aromatic rings. The largest absolute Gasteiger partial charge is 0.462 e. The van der Waals surface area contributed by atoms with Crippen molar-refractivity contribution in [1.82, 2.24) is 0 Å². The highest BCUT2D eigenvalue weighted by molar-refractivity contribution is 7.93. The van der Waals surface area contributed by atoms with E-state index in [0.717, 1.165) is 0 Å². The Balaban J connectivity index is 2.22. The summed E-state index contributed by atoms with van der Waals surface area (Å²) in [6.07, 6.45) is 0. The smallest absolute Gasteiger partial charge is 0.338 e. The van der Waals surface area contributed by atoms with Gasteiger partial charge in [-0.2, -0.15) is 0 Å². The van der Waals surface area contributed by atoms with Crippen LogP contribution in [-0.4, -0.2) is 37.5 Å². The van der Waals surface area contributed by atoms with Gasteiger partial charge in [0, 0.05) is 5.69 Å². The average Bonchev–Trinajstić information content (AvgIpc) is 2.62. The number of anilines is 1. The second-order valence-corrected chi connectivity index (χ2v) is 8.50. The van der Waals surface area contributed by atoms with E-state index in [4.69, 9.17) is 16.3 Å². The summed E-state index contributed by atoms with van der Waals surface area (Å²) in [7, 11) is -3.97. The summed E-state index contributed by atoms with van der Waals surface area (Å²) in [5, 5.41) is 0.126. The third-order valence-corrected chi connectivity index (χ3v) is 6.37. The Morgan fingerprint density at radius 3 is 2.19 bits per heavy atom. The summed E-state index contributed by atoms with van der Waals surface area (Å²) in [5.74, 6) is -1.22. The van der Waals surface area contributed by atoms with Gasteiger partial charge in [-0.3, -0.25) is 4.79 Å². The highest BCUT2D eigenvalue weighted by atomic mass is 35.5. The third-order valence-electron chi connectivity index (χ3n) is 3.75. The van der Waals surface area contributed by atoms with Crippen molar-refractivity contribution in [2.75, 3.05) is 11.9 Å². The van der Waals surface area contributed by atoms with E-state index < -0.39 is 32.3 Å². The normalized spacial score (nSPS) is 13.4. The number of carbonyl (C=O) groups is 2. The van der Waals surface area contributed by atoms with Crippen LogP contribution in [-0.2, 0) is 19.4 Å². The molecule has 8 heteroatoms. The summed E-state index contributed by atoms with van der Waals surface area (Å²) in [4.78, 5) is 24.3. The molecule has 0 aliphatic carbocycles. The predicted molar refractivity (Wildman–Crippen MR) is 104 cm³/mol. The molecule has 0 aliphatic rings. The van der Waals surface area contributed by atoms with E-state index >= 15 is 0 Å². The van der Waals surface area contributed by atoms with Crippen LogP contribution in [0.25, 0.3) is 0 Å². The van der Waals surface area contributed by atoms with Gasteiger partial charge >= 0.3 is 5.97 Å². The van der Waals surface area contributed by atoms with Crippen molar-refractivity contribution in [3.05, 3.63) is 60.2 Å². The first-order valence-corrected chi connectivity index (χ1v) is 10.3. The Hall–Kier alpha value is -2.38. The summed E-state index contributed by atoms with van der Waals surface area (Å²) in [5.41, 5.74) is 0.674. The van der Waals surface area contributed by atoms with Crippen LogP contribution in [0.5, 0.6) is 0 Å². The summed E-state index contributed by atoms with van der Waals surface area (Å²) < 4.78 is 30.5. The van der Waals surface area contributed by atoms with Gasteiger partial charge in [-0.25, -0.2) is 13.2 Å². The maximum absolute atomic E-state index is 12.8. The van der Waals surface area contributed by atoms with Crippen molar-refractivity contribution in [3.8, 4) is 0 Å². The van der Waals surface area contributed by atoms with Gasteiger partial charge in [-0.05, 0) is 50.2 Å². The van der Waals surface area contributed by atoms with Crippen molar-refractivity contribution in [2.24, 2.45) is 0 Å². The highest BCUT2D eigenvalue weighted by Gasteiger charge is 2.37. The lowest BCUT2D eigenvalue weighted by atomic mass is 10.2. The van der Waals surface area contributed by atoms with Gasteiger partial charge in [-0.15, -0.1) is 11.6 Å². The zero-order valence-corrected chi connectivity index (χ0v) is 16.5. The summed E-state index contributed by atoms with van der Waals surface area (Å²) in [6, 6.07) is 13.6. The van der Waals surface area contributed by atoms with Crippen LogP contribution in [0.3, 0.4) is 0 Å². The summed E-state index contributed by atoms with van der Waals surface area (Å²) >= 11 is 6.04. The topological polar surface area (TPSA) is 89.5 Å². The van der Waals surface area contributed by atoms with E-state index in [1.165, 1.54) is 43.3 Å². The van der Waals surface area contributed by atoms with Gasteiger partial charge in [0.1, 0.15) is 0 Å². The Kier molecular flexibility index (Phi) is 6.98. The van der Waals surface area contributed by atoms with Crippen molar-refractivity contribution in [1.29, 1.82) is 0 Å². The molecule has 0 radical (unpaired) electrons. The van der Waals surface area contributed by atoms with Crippen molar-refractivity contribution in [2.45, 2.75) is 29.4 Å². The molecule has 2 aromatic carbocycles. The fraction of sp³-hybridized carbons (Fsp3) is 0.263. The van der Waals surface area contributed by atoms with E-state index in [-0.39, 0.29) is 11.5 Å². The van der Waals surface area contributed by atoms with Crippen molar-refractivity contribution >= 4 is 39.0 Å². The lowest BCUT2D eigenvalue weighted by molar-refractivity contribution is -0.115. The molecule has 0 fully saturated rings. The number of amides is 1. The van der Waals surface area contributed by atoms with Crippen LogP contribution in [0.4, 0.5) is 5.69 Å². The molecule has 0 aromatic heterocycles. The standard InChI is InChI=1S/C19H20ClNO5S/c1-3-26-19(23)14-9-11-15(12-10-14)21-18(22)17(13(2)20)27(24,25)16-7-5-4-6-8-16/h4-13,17H,3H2,1-2H3,(H,21,22)/t13-,17+/m1/s1. The van der Waals surface area contributed by atoms with E-state index in [1.54, 1.807) is 25.1 Å². The van der Waals surface area contributed by atoms with Crippen LogP contribution in [0, 0.1) is 0 Å². The van der Waals surface area contributed by atoms with Crippen molar-refractivity contribution < 1.29 is 22.7 Å². The Bertz CT molecular complexity index is 895. The van der Waals surface area contributed by atoms with Gasteiger partial charge < -0.3 is 10.1 Å². The molecule has 0 aliphatic heterocycles. The van der Waals surface area contributed by atoms with E-state index in [9.17, 15) is 18.0 Å². The first-order valence-electron chi connectivity index (χ1n) is 8.28.